The summed E-state index contributed by atoms with van der Waals surface area (Å²) in [7, 11) is 4.14. The van der Waals surface area contributed by atoms with Crippen LogP contribution in [0.3, 0.4) is 0 Å². The molecule has 3 rings (SSSR count). The standard InChI is InChI=1S/C21H27N3O2/c1-24(2)14-16-8-10-18(11-9-16)22-19-12-20(13-19)23-21(25)26-15-17-6-4-3-5-7-17/h3-11,19-20,22H,12-15H2,1-2H3,(H,23,25). The number of alkyl carbamates (subject to hydrolysis) is 1. The van der Waals surface area contributed by atoms with Gasteiger partial charge in [-0.25, -0.2) is 4.79 Å². The van der Waals surface area contributed by atoms with Crippen LogP contribution in [-0.2, 0) is 17.9 Å². The third kappa shape index (κ3) is 5.49. The van der Waals surface area contributed by atoms with E-state index in [1.807, 2.05) is 30.3 Å². The Balaban J connectivity index is 1.34. The fourth-order valence-electron chi connectivity index (χ4n) is 3.09. The molecule has 2 aromatic carbocycles. The molecule has 0 unspecified atom stereocenters. The minimum atomic E-state index is -0.342. The Kier molecular flexibility index (Phi) is 6.12. The summed E-state index contributed by atoms with van der Waals surface area (Å²) in [5, 5.41) is 6.44. The third-order valence-corrected chi connectivity index (χ3v) is 4.50. The van der Waals surface area contributed by atoms with E-state index in [4.69, 9.17) is 4.74 Å². The Labute approximate surface area is 155 Å². The summed E-state index contributed by atoms with van der Waals surface area (Å²) in [5.74, 6) is 0. The molecule has 138 valence electrons. The van der Waals surface area contributed by atoms with Gasteiger partial charge in [0, 0.05) is 24.3 Å². The number of rotatable bonds is 7. The van der Waals surface area contributed by atoms with Crippen molar-refractivity contribution in [1.82, 2.24) is 10.2 Å². The van der Waals surface area contributed by atoms with E-state index in [-0.39, 0.29) is 12.1 Å². The van der Waals surface area contributed by atoms with E-state index >= 15 is 0 Å². The van der Waals surface area contributed by atoms with E-state index < -0.39 is 0 Å². The van der Waals surface area contributed by atoms with Gasteiger partial charge in [0.05, 0.1) is 0 Å². The molecule has 1 aliphatic rings. The molecule has 2 N–H and O–H groups in total. The van der Waals surface area contributed by atoms with Crippen molar-refractivity contribution >= 4 is 11.8 Å². The topological polar surface area (TPSA) is 53.6 Å². The number of carbonyl (C=O) groups excluding carboxylic acids is 1. The number of nitrogens with one attached hydrogen (secondary N) is 2. The fourth-order valence-corrected chi connectivity index (χ4v) is 3.09. The number of anilines is 1. The summed E-state index contributed by atoms with van der Waals surface area (Å²) < 4.78 is 5.26. The maximum Gasteiger partial charge on any atom is 0.407 e. The number of benzene rings is 2. The van der Waals surface area contributed by atoms with E-state index in [1.165, 1.54) is 5.56 Å². The first-order valence-corrected chi connectivity index (χ1v) is 9.06. The van der Waals surface area contributed by atoms with Crippen LogP contribution in [0.1, 0.15) is 24.0 Å². The summed E-state index contributed by atoms with van der Waals surface area (Å²) in [6.07, 6.45) is 1.49. The summed E-state index contributed by atoms with van der Waals surface area (Å²) >= 11 is 0. The van der Waals surface area contributed by atoms with Gasteiger partial charge in [0.1, 0.15) is 6.61 Å². The first kappa shape index (κ1) is 18.3. The second kappa shape index (κ2) is 8.72. The first-order chi connectivity index (χ1) is 12.6. The van der Waals surface area contributed by atoms with Gasteiger partial charge in [0.2, 0.25) is 0 Å². The van der Waals surface area contributed by atoms with Crippen molar-refractivity contribution in [3.05, 3.63) is 65.7 Å². The number of hydrogen-bond donors (Lipinski definition) is 2. The maximum atomic E-state index is 11.9. The first-order valence-electron chi connectivity index (χ1n) is 9.06. The van der Waals surface area contributed by atoms with Crippen LogP contribution in [0.2, 0.25) is 0 Å². The van der Waals surface area contributed by atoms with Crippen LogP contribution in [-0.4, -0.2) is 37.2 Å². The van der Waals surface area contributed by atoms with Crippen LogP contribution in [0.5, 0.6) is 0 Å². The predicted molar refractivity (Wildman–Crippen MR) is 104 cm³/mol. The molecule has 0 saturated heterocycles. The Hall–Kier alpha value is -2.53. The molecule has 0 spiro atoms. The normalized spacial score (nSPS) is 18.9. The minimum Gasteiger partial charge on any atom is -0.445 e. The van der Waals surface area contributed by atoms with Crippen LogP contribution in [0.15, 0.2) is 54.6 Å². The average molecular weight is 353 g/mol. The zero-order valence-electron chi connectivity index (χ0n) is 15.4. The smallest absolute Gasteiger partial charge is 0.407 e. The highest BCUT2D eigenvalue weighted by molar-refractivity contribution is 5.67. The van der Waals surface area contributed by atoms with Crippen LogP contribution < -0.4 is 10.6 Å². The molecular weight excluding hydrogens is 326 g/mol. The van der Waals surface area contributed by atoms with E-state index in [9.17, 15) is 4.79 Å². The SMILES string of the molecule is CN(C)Cc1ccc(NC2CC(NC(=O)OCc3ccccc3)C2)cc1. The third-order valence-electron chi connectivity index (χ3n) is 4.50. The summed E-state index contributed by atoms with van der Waals surface area (Å²) in [4.78, 5) is 14.0. The Morgan fingerprint density at radius 3 is 2.35 bits per heavy atom. The molecule has 1 aliphatic carbocycles. The number of amides is 1. The molecule has 1 fully saturated rings. The molecule has 2 aromatic rings. The Morgan fingerprint density at radius 1 is 1.00 bits per heavy atom. The lowest BCUT2D eigenvalue weighted by Gasteiger charge is -2.36. The molecule has 5 heteroatoms. The van der Waals surface area contributed by atoms with Crippen molar-refractivity contribution in [1.29, 1.82) is 0 Å². The van der Waals surface area contributed by atoms with E-state index in [1.54, 1.807) is 0 Å². The lowest BCUT2D eigenvalue weighted by atomic mass is 9.86. The highest BCUT2D eigenvalue weighted by Gasteiger charge is 2.30. The summed E-state index contributed by atoms with van der Waals surface area (Å²) in [6, 6.07) is 18.8. The summed E-state index contributed by atoms with van der Waals surface area (Å²) in [5.41, 5.74) is 3.42. The van der Waals surface area contributed by atoms with Crippen molar-refractivity contribution in [2.75, 3.05) is 19.4 Å². The van der Waals surface area contributed by atoms with Crippen molar-refractivity contribution in [2.24, 2.45) is 0 Å². The van der Waals surface area contributed by atoms with Gasteiger partial charge in [-0.3, -0.25) is 0 Å². The number of nitrogens with zero attached hydrogens (tertiary/aromatic N) is 1. The Bertz CT molecular complexity index is 695. The number of hydrogen-bond acceptors (Lipinski definition) is 4. The monoisotopic (exact) mass is 353 g/mol. The lowest BCUT2D eigenvalue weighted by Crippen LogP contribution is -2.49. The fraction of sp³-hybridized carbons (Fsp3) is 0.381. The lowest BCUT2D eigenvalue weighted by molar-refractivity contribution is 0.129. The van der Waals surface area contributed by atoms with Crippen LogP contribution in [0.25, 0.3) is 0 Å². The molecule has 26 heavy (non-hydrogen) atoms. The van der Waals surface area contributed by atoms with E-state index in [2.05, 4.69) is 53.9 Å². The molecule has 0 aliphatic heterocycles. The molecule has 0 atom stereocenters. The maximum absolute atomic E-state index is 11.9. The molecule has 5 nitrogen and oxygen atoms in total. The van der Waals surface area contributed by atoms with Gasteiger partial charge in [-0.2, -0.15) is 0 Å². The van der Waals surface area contributed by atoms with Gasteiger partial charge >= 0.3 is 6.09 Å². The van der Waals surface area contributed by atoms with Crippen LogP contribution >= 0.6 is 0 Å². The van der Waals surface area contributed by atoms with Gasteiger partial charge in [0.25, 0.3) is 0 Å². The van der Waals surface area contributed by atoms with Crippen molar-refractivity contribution in [3.8, 4) is 0 Å². The average Bonchev–Trinajstić information content (AvgIpc) is 2.60. The quantitative estimate of drug-likeness (QED) is 0.798. The minimum absolute atomic E-state index is 0.184. The van der Waals surface area contributed by atoms with Crippen LogP contribution in [0.4, 0.5) is 10.5 Å². The molecule has 0 bridgehead atoms. The molecule has 1 saturated carbocycles. The molecule has 0 aromatic heterocycles. The summed E-state index contributed by atoms with van der Waals surface area (Å²) in [6.45, 7) is 1.25. The molecule has 0 radical (unpaired) electrons. The Morgan fingerprint density at radius 2 is 1.69 bits per heavy atom. The largest absolute Gasteiger partial charge is 0.445 e. The van der Waals surface area contributed by atoms with Gasteiger partial charge in [-0.1, -0.05) is 42.5 Å². The van der Waals surface area contributed by atoms with Crippen molar-refractivity contribution in [3.63, 3.8) is 0 Å². The van der Waals surface area contributed by atoms with Gasteiger partial charge in [-0.15, -0.1) is 0 Å². The van der Waals surface area contributed by atoms with E-state index in [0.717, 1.165) is 30.6 Å². The van der Waals surface area contributed by atoms with E-state index in [0.29, 0.717) is 12.6 Å². The number of ether oxygens (including phenoxy) is 1. The highest BCUT2D eigenvalue weighted by Crippen LogP contribution is 2.24. The van der Waals surface area contributed by atoms with Gasteiger partial charge < -0.3 is 20.3 Å². The second-order valence-corrected chi connectivity index (χ2v) is 7.15. The van der Waals surface area contributed by atoms with Gasteiger partial charge in [0.15, 0.2) is 0 Å². The van der Waals surface area contributed by atoms with Crippen LogP contribution in [0, 0.1) is 0 Å². The molecule has 1 amide bonds. The molecule has 0 heterocycles. The van der Waals surface area contributed by atoms with Gasteiger partial charge in [-0.05, 0) is 50.2 Å². The zero-order valence-corrected chi connectivity index (χ0v) is 15.4. The zero-order chi connectivity index (χ0) is 18.4. The number of carbonyl (C=O) groups is 1. The molecular formula is C21H27N3O2. The predicted octanol–water partition coefficient (Wildman–Crippen LogP) is 3.62. The second-order valence-electron chi connectivity index (χ2n) is 7.15. The van der Waals surface area contributed by atoms with Crippen molar-refractivity contribution in [2.45, 2.75) is 38.1 Å². The van der Waals surface area contributed by atoms with Crippen molar-refractivity contribution < 1.29 is 9.53 Å². The highest BCUT2D eigenvalue weighted by atomic mass is 16.5.